The summed E-state index contributed by atoms with van der Waals surface area (Å²) in [5, 5.41) is 0. The summed E-state index contributed by atoms with van der Waals surface area (Å²) >= 11 is 0. The summed E-state index contributed by atoms with van der Waals surface area (Å²) in [6.07, 6.45) is 2.40. The van der Waals surface area contributed by atoms with Gasteiger partial charge in [0.05, 0.1) is 6.10 Å². The van der Waals surface area contributed by atoms with Crippen molar-refractivity contribution in [3.05, 3.63) is 30.1 Å². The molecule has 0 radical (unpaired) electrons. The fourth-order valence-electron chi connectivity index (χ4n) is 0.906. The molecule has 0 aromatic heterocycles. The van der Waals surface area contributed by atoms with Crippen molar-refractivity contribution in [2.45, 2.75) is 18.9 Å². The molecule has 1 aliphatic rings. The van der Waals surface area contributed by atoms with Gasteiger partial charge >= 0.3 is 0 Å². The van der Waals surface area contributed by atoms with Crippen molar-refractivity contribution < 1.29 is 9.13 Å². The minimum absolute atomic E-state index is 0.264. The highest BCUT2D eigenvalue weighted by Crippen LogP contribution is 2.27. The molecule has 2 rings (SSSR count). The van der Waals surface area contributed by atoms with Gasteiger partial charge in [0, 0.05) is 0 Å². The maximum Gasteiger partial charge on any atom is 0.165 e. The Morgan fingerprint density at radius 1 is 1.27 bits per heavy atom. The predicted molar refractivity (Wildman–Crippen MR) is 40.1 cm³/mol. The Balaban J connectivity index is 2.15. The van der Waals surface area contributed by atoms with Crippen LogP contribution in [0.1, 0.15) is 12.8 Å². The summed E-state index contributed by atoms with van der Waals surface area (Å²) in [6, 6.07) is 6.52. The summed E-state index contributed by atoms with van der Waals surface area (Å²) in [5.74, 6) is 0.120. The van der Waals surface area contributed by atoms with Crippen molar-refractivity contribution in [2.75, 3.05) is 0 Å². The Morgan fingerprint density at radius 3 is 2.64 bits per heavy atom. The van der Waals surface area contributed by atoms with Gasteiger partial charge in [-0.3, -0.25) is 0 Å². The van der Waals surface area contributed by atoms with Crippen LogP contribution in [0.2, 0.25) is 0 Å². The standard InChI is InChI=1S/C9H9FO/c10-8-3-1-2-4-9(8)11-7-5-6-7/h1-4,7H,5-6H2. The molecule has 0 unspecified atom stereocenters. The highest BCUT2D eigenvalue weighted by Gasteiger charge is 2.24. The van der Waals surface area contributed by atoms with Crippen LogP contribution in [0.15, 0.2) is 24.3 Å². The third kappa shape index (κ3) is 1.50. The molecule has 0 aliphatic heterocycles. The van der Waals surface area contributed by atoms with Gasteiger partial charge in [0.15, 0.2) is 11.6 Å². The smallest absolute Gasteiger partial charge is 0.165 e. The Morgan fingerprint density at radius 2 is 2.00 bits per heavy atom. The molecule has 1 aliphatic carbocycles. The van der Waals surface area contributed by atoms with Gasteiger partial charge in [-0.05, 0) is 25.0 Å². The molecular weight excluding hydrogens is 143 g/mol. The Bertz CT molecular complexity index is 255. The molecule has 1 nitrogen and oxygen atoms in total. The number of para-hydroxylation sites is 1. The molecule has 1 aromatic rings. The first-order chi connectivity index (χ1) is 5.36. The summed E-state index contributed by atoms with van der Waals surface area (Å²) in [7, 11) is 0. The number of rotatable bonds is 2. The lowest BCUT2D eigenvalue weighted by Crippen LogP contribution is -1.97. The van der Waals surface area contributed by atoms with Gasteiger partial charge in [-0.1, -0.05) is 12.1 Å². The molecule has 1 aromatic carbocycles. The van der Waals surface area contributed by atoms with Crippen molar-refractivity contribution >= 4 is 0 Å². The van der Waals surface area contributed by atoms with E-state index >= 15 is 0 Å². The van der Waals surface area contributed by atoms with Gasteiger partial charge in [0.25, 0.3) is 0 Å². The van der Waals surface area contributed by atoms with E-state index in [1.165, 1.54) is 6.07 Å². The molecular formula is C9H9FO. The van der Waals surface area contributed by atoms with Crippen LogP contribution in [0, 0.1) is 5.82 Å². The van der Waals surface area contributed by atoms with Crippen LogP contribution in [-0.4, -0.2) is 6.10 Å². The summed E-state index contributed by atoms with van der Waals surface area (Å²) in [6.45, 7) is 0. The molecule has 0 atom stereocenters. The van der Waals surface area contributed by atoms with Crippen LogP contribution >= 0.6 is 0 Å². The number of hydrogen-bond acceptors (Lipinski definition) is 1. The summed E-state index contributed by atoms with van der Waals surface area (Å²) in [5.41, 5.74) is 0. The van der Waals surface area contributed by atoms with Crippen molar-refractivity contribution in [1.29, 1.82) is 0 Å². The monoisotopic (exact) mass is 152 g/mol. The zero-order valence-electron chi connectivity index (χ0n) is 6.09. The van der Waals surface area contributed by atoms with Crippen LogP contribution in [0.3, 0.4) is 0 Å². The minimum atomic E-state index is -0.264. The predicted octanol–water partition coefficient (Wildman–Crippen LogP) is 2.37. The van der Waals surface area contributed by atoms with E-state index in [9.17, 15) is 4.39 Å². The fraction of sp³-hybridized carbons (Fsp3) is 0.333. The number of hydrogen-bond donors (Lipinski definition) is 0. The second-order valence-corrected chi connectivity index (χ2v) is 2.75. The zero-order chi connectivity index (χ0) is 7.68. The van der Waals surface area contributed by atoms with Crippen LogP contribution in [0.25, 0.3) is 0 Å². The molecule has 1 fully saturated rings. The van der Waals surface area contributed by atoms with E-state index in [0.717, 1.165) is 12.8 Å². The third-order valence-electron chi connectivity index (χ3n) is 1.65. The molecule has 58 valence electrons. The molecule has 0 saturated heterocycles. The Labute approximate surface area is 64.8 Å². The summed E-state index contributed by atoms with van der Waals surface area (Å²) in [4.78, 5) is 0. The van der Waals surface area contributed by atoms with Crippen molar-refractivity contribution in [3.8, 4) is 5.75 Å². The second kappa shape index (κ2) is 2.53. The highest BCUT2D eigenvalue weighted by molar-refractivity contribution is 5.24. The largest absolute Gasteiger partial charge is 0.487 e. The van der Waals surface area contributed by atoms with Crippen molar-refractivity contribution in [2.24, 2.45) is 0 Å². The first-order valence-corrected chi connectivity index (χ1v) is 3.77. The van der Waals surface area contributed by atoms with Gasteiger partial charge in [0.1, 0.15) is 0 Å². The Kier molecular flexibility index (Phi) is 1.53. The molecule has 0 spiro atoms. The maximum absolute atomic E-state index is 12.9. The van der Waals surface area contributed by atoms with E-state index in [1.54, 1.807) is 18.2 Å². The van der Waals surface area contributed by atoms with E-state index < -0.39 is 0 Å². The van der Waals surface area contributed by atoms with Crippen LogP contribution in [0.5, 0.6) is 5.75 Å². The quantitative estimate of drug-likeness (QED) is 0.632. The lowest BCUT2D eigenvalue weighted by atomic mass is 10.3. The SMILES string of the molecule is Fc1ccccc1OC1CC1. The van der Waals surface area contributed by atoms with Gasteiger partial charge in [-0.15, -0.1) is 0 Å². The highest BCUT2D eigenvalue weighted by atomic mass is 19.1. The molecule has 0 N–H and O–H groups in total. The van der Waals surface area contributed by atoms with Crippen LogP contribution in [-0.2, 0) is 0 Å². The third-order valence-corrected chi connectivity index (χ3v) is 1.65. The van der Waals surface area contributed by atoms with E-state index in [-0.39, 0.29) is 11.9 Å². The fourth-order valence-corrected chi connectivity index (χ4v) is 0.906. The topological polar surface area (TPSA) is 9.23 Å². The molecule has 2 heteroatoms. The van der Waals surface area contributed by atoms with E-state index in [0.29, 0.717) is 5.75 Å². The Hall–Kier alpha value is -1.05. The van der Waals surface area contributed by atoms with Gasteiger partial charge in [-0.25, -0.2) is 4.39 Å². The average molecular weight is 152 g/mol. The first kappa shape index (κ1) is 6.65. The first-order valence-electron chi connectivity index (χ1n) is 3.77. The normalized spacial score (nSPS) is 16.5. The molecule has 0 amide bonds. The molecule has 0 heterocycles. The molecule has 11 heavy (non-hydrogen) atoms. The van der Waals surface area contributed by atoms with E-state index in [1.807, 2.05) is 0 Å². The van der Waals surface area contributed by atoms with E-state index in [2.05, 4.69) is 0 Å². The van der Waals surface area contributed by atoms with Crippen LogP contribution in [0.4, 0.5) is 4.39 Å². The second-order valence-electron chi connectivity index (χ2n) is 2.75. The number of ether oxygens (including phenoxy) is 1. The number of benzene rings is 1. The lowest BCUT2D eigenvalue weighted by molar-refractivity contribution is 0.287. The van der Waals surface area contributed by atoms with Crippen LogP contribution < -0.4 is 4.74 Å². The van der Waals surface area contributed by atoms with Gasteiger partial charge in [0.2, 0.25) is 0 Å². The summed E-state index contributed by atoms with van der Waals surface area (Å²) < 4.78 is 18.1. The van der Waals surface area contributed by atoms with Gasteiger partial charge in [-0.2, -0.15) is 0 Å². The van der Waals surface area contributed by atoms with Crippen molar-refractivity contribution in [3.63, 3.8) is 0 Å². The van der Waals surface area contributed by atoms with Gasteiger partial charge < -0.3 is 4.74 Å². The minimum Gasteiger partial charge on any atom is -0.487 e. The van der Waals surface area contributed by atoms with Crippen molar-refractivity contribution in [1.82, 2.24) is 0 Å². The molecule has 0 bridgehead atoms. The van der Waals surface area contributed by atoms with E-state index in [4.69, 9.17) is 4.74 Å². The molecule has 1 saturated carbocycles. The lowest BCUT2D eigenvalue weighted by Gasteiger charge is -2.03. The number of halogens is 1. The maximum atomic E-state index is 12.9. The zero-order valence-corrected chi connectivity index (χ0v) is 6.09. The average Bonchev–Trinajstić information content (AvgIpc) is 2.78.